The Morgan fingerprint density at radius 1 is 1.16 bits per heavy atom. The van der Waals surface area contributed by atoms with Crippen LogP contribution in [-0.4, -0.2) is 10.8 Å². The highest BCUT2D eigenvalue weighted by Crippen LogP contribution is 2.35. The molecular weight excluding hydrogens is 387 g/mol. The molecule has 0 saturated carbocycles. The number of para-hydroxylation sites is 1. The second-order valence-electron chi connectivity index (χ2n) is 5.77. The number of amides is 1. The molecule has 2 aromatic carbocycles. The van der Waals surface area contributed by atoms with Crippen molar-refractivity contribution in [1.29, 1.82) is 0 Å². The van der Waals surface area contributed by atoms with Crippen molar-refractivity contribution in [3.05, 3.63) is 88.0 Å². The molecule has 1 atom stereocenters. The molecular formula is C19H14BrFN2O2. The standard InChI is InChI=1S/C19H14BrFN2O2/c20-12-7-8-14(16(21)10-12)18-22-17-6-2-1-5-15(17)19(24)23(18)11-13-4-3-9-25-13/h1-10,18,22H,11H2. The van der Waals surface area contributed by atoms with E-state index >= 15 is 0 Å². The molecule has 4 rings (SSSR count). The number of hydrogen-bond acceptors (Lipinski definition) is 3. The van der Waals surface area contributed by atoms with Crippen LogP contribution in [0, 0.1) is 5.82 Å². The van der Waals surface area contributed by atoms with Crippen LogP contribution >= 0.6 is 15.9 Å². The minimum atomic E-state index is -0.624. The molecule has 0 fully saturated rings. The highest BCUT2D eigenvalue weighted by atomic mass is 79.9. The topological polar surface area (TPSA) is 45.5 Å². The van der Waals surface area contributed by atoms with E-state index in [-0.39, 0.29) is 18.3 Å². The van der Waals surface area contributed by atoms with Crippen molar-refractivity contribution in [3.63, 3.8) is 0 Å². The van der Waals surface area contributed by atoms with Gasteiger partial charge in [-0.15, -0.1) is 0 Å². The minimum absolute atomic E-state index is 0.168. The first-order chi connectivity index (χ1) is 12.1. The number of hydrogen-bond donors (Lipinski definition) is 1. The molecule has 1 aromatic heterocycles. The van der Waals surface area contributed by atoms with E-state index in [1.54, 1.807) is 41.5 Å². The normalized spacial score (nSPS) is 16.5. The van der Waals surface area contributed by atoms with Gasteiger partial charge in [0, 0.05) is 15.7 Å². The lowest BCUT2D eigenvalue weighted by Gasteiger charge is -2.37. The quantitative estimate of drug-likeness (QED) is 0.676. The summed E-state index contributed by atoms with van der Waals surface area (Å²) in [4.78, 5) is 14.6. The zero-order chi connectivity index (χ0) is 17.4. The van der Waals surface area contributed by atoms with Crippen molar-refractivity contribution in [1.82, 2.24) is 4.90 Å². The van der Waals surface area contributed by atoms with Crippen molar-refractivity contribution in [3.8, 4) is 0 Å². The molecule has 1 unspecified atom stereocenters. The number of rotatable bonds is 3. The molecule has 0 spiro atoms. The maximum absolute atomic E-state index is 14.6. The summed E-state index contributed by atoms with van der Waals surface area (Å²) >= 11 is 3.27. The monoisotopic (exact) mass is 400 g/mol. The summed E-state index contributed by atoms with van der Waals surface area (Å²) in [5.41, 5.74) is 1.65. The zero-order valence-electron chi connectivity index (χ0n) is 13.1. The summed E-state index contributed by atoms with van der Waals surface area (Å²) in [5.74, 6) is 0.0821. The summed E-state index contributed by atoms with van der Waals surface area (Å²) in [6.07, 6.45) is 0.931. The van der Waals surface area contributed by atoms with Gasteiger partial charge in [-0.3, -0.25) is 4.79 Å². The lowest BCUT2D eigenvalue weighted by molar-refractivity contribution is 0.0648. The minimum Gasteiger partial charge on any atom is -0.467 e. The molecule has 126 valence electrons. The molecule has 4 nitrogen and oxygen atoms in total. The van der Waals surface area contributed by atoms with Crippen molar-refractivity contribution >= 4 is 27.5 Å². The first-order valence-corrected chi connectivity index (χ1v) is 8.56. The van der Waals surface area contributed by atoms with E-state index in [0.717, 1.165) is 0 Å². The third-order valence-electron chi connectivity index (χ3n) is 4.19. The number of nitrogens with one attached hydrogen (secondary N) is 1. The third-order valence-corrected chi connectivity index (χ3v) is 4.68. The van der Waals surface area contributed by atoms with Crippen LogP contribution < -0.4 is 5.32 Å². The Morgan fingerprint density at radius 2 is 2.00 bits per heavy atom. The summed E-state index contributed by atoms with van der Waals surface area (Å²) < 4.78 is 20.6. The van der Waals surface area contributed by atoms with Gasteiger partial charge in [0.25, 0.3) is 5.91 Å². The Labute approximate surface area is 152 Å². The Bertz CT molecular complexity index is 927. The molecule has 1 aliphatic rings. The molecule has 0 bridgehead atoms. The summed E-state index contributed by atoms with van der Waals surface area (Å²) in [6.45, 7) is 0.243. The highest BCUT2D eigenvalue weighted by Gasteiger charge is 2.34. The zero-order valence-corrected chi connectivity index (χ0v) is 14.7. The second-order valence-corrected chi connectivity index (χ2v) is 6.69. The molecule has 25 heavy (non-hydrogen) atoms. The van der Waals surface area contributed by atoms with Crippen LogP contribution in [0.25, 0.3) is 0 Å². The Balaban J connectivity index is 1.80. The number of carbonyl (C=O) groups excluding carboxylic acids is 1. The second kappa shape index (κ2) is 6.37. The predicted molar refractivity (Wildman–Crippen MR) is 95.5 cm³/mol. The van der Waals surface area contributed by atoms with Gasteiger partial charge in [0.15, 0.2) is 0 Å². The lowest BCUT2D eigenvalue weighted by atomic mass is 10.0. The van der Waals surface area contributed by atoms with Gasteiger partial charge in [-0.05, 0) is 36.4 Å². The maximum atomic E-state index is 14.6. The van der Waals surface area contributed by atoms with Gasteiger partial charge in [-0.1, -0.05) is 34.1 Å². The van der Waals surface area contributed by atoms with Gasteiger partial charge in [0.1, 0.15) is 17.7 Å². The van der Waals surface area contributed by atoms with Crippen LogP contribution in [0.5, 0.6) is 0 Å². The molecule has 3 aromatic rings. The number of halogens is 2. The molecule has 6 heteroatoms. The molecule has 1 amide bonds. The number of benzene rings is 2. The number of anilines is 1. The van der Waals surface area contributed by atoms with E-state index in [1.165, 1.54) is 6.07 Å². The summed E-state index contributed by atoms with van der Waals surface area (Å²) in [5, 5.41) is 3.27. The first kappa shape index (κ1) is 15.9. The highest BCUT2D eigenvalue weighted by molar-refractivity contribution is 9.10. The molecule has 0 aliphatic carbocycles. The Kier molecular flexibility index (Phi) is 4.05. The Morgan fingerprint density at radius 3 is 2.76 bits per heavy atom. The Hall–Kier alpha value is -2.60. The van der Waals surface area contributed by atoms with Crippen LogP contribution in [0.15, 0.2) is 69.8 Å². The fourth-order valence-electron chi connectivity index (χ4n) is 3.00. The smallest absolute Gasteiger partial charge is 0.258 e. The largest absolute Gasteiger partial charge is 0.467 e. The number of furan rings is 1. The van der Waals surface area contributed by atoms with Gasteiger partial charge >= 0.3 is 0 Å². The molecule has 1 aliphatic heterocycles. The SMILES string of the molecule is O=C1c2ccccc2NC(c2ccc(Br)cc2F)N1Cc1ccco1. The van der Waals surface area contributed by atoms with E-state index < -0.39 is 6.17 Å². The van der Waals surface area contributed by atoms with E-state index in [4.69, 9.17) is 4.42 Å². The van der Waals surface area contributed by atoms with Crippen LogP contribution in [0.1, 0.15) is 27.8 Å². The van der Waals surface area contributed by atoms with Gasteiger partial charge in [-0.25, -0.2) is 4.39 Å². The van der Waals surface area contributed by atoms with Crippen LogP contribution in [0.4, 0.5) is 10.1 Å². The van der Waals surface area contributed by atoms with E-state index in [1.807, 2.05) is 18.2 Å². The van der Waals surface area contributed by atoms with E-state index in [9.17, 15) is 9.18 Å². The summed E-state index contributed by atoms with van der Waals surface area (Å²) in [6, 6.07) is 15.6. The van der Waals surface area contributed by atoms with Crippen LogP contribution in [0.3, 0.4) is 0 Å². The lowest BCUT2D eigenvalue weighted by Crippen LogP contribution is -2.42. The van der Waals surface area contributed by atoms with Crippen molar-refractivity contribution in [2.75, 3.05) is 5.32 Å². The van der Waals surface area contributed by atoms with E-state index in [2.05, 4.69) is 21.2 Å². The molecule has 1 N–H and O–H groups in total. The fraction of sp³-hybridized carbons (Fsp3) is 0.105. The van der Waals surface area contributed by atoms with Crippen molar-refractivity contribution in [2.24, 2.45) is 0 Å². The number of fused-ring (bicyclic) bond motifs is 1. The van der Waals surface area contributed by atoms with Crippen molar-refractivity contribution in [2.45, 2.75) is 12.7 Å². The molecule has 2 heterocycles. The molecule has 0 radical (unpaired) electrons. The van der Waals surface area contributed by atoms with Gasteiger partial charge in [-0.2, -0.15) is 0 Å². The predicted octanol–water partition coefficient (Wildman–Crippen LogP) is 4.95. The average molecular weight is 401 g/mol. The van der Waals surface area contributed by atoms with Gasteiger partial charge in [0.2, 0.25) is 0 Å². The van der Waals surface area contributed by atoms with Crippen LogP contribution in [0.2, 0.25) is 0 Å². The van der Waals surface area contributed by atoms with Crippen LogP contribution in [-0.2, 0) is 6.54 Å². The maximum Gasteiger partial charge on any atom is 0.258 e. The van der Waals surface area contributed by atoms with Crippen molar-refractivity contribution < 1.29 is 13.6 Å². The van der Waals surface area contributed by atoms with Gasteiger partial charge in [0.05, 0.1) is 18.4 Å². The van der Waals surface area contributed by atoms with E-state index in [0.29, 0.717) is 27.0 Å². The fourth-order valence-corrected chi connectivity index (χ4v) is 3.33. The number of nitrogens with zero attached hydrogens (tertiary/aromatic N) is 1. The first-order valence-electron chi connectivity index (χ1n) is 7.77. The molecule has 0 saturated heterocycles. The third kappa shape index (κ3) is 2.93. The average Bonchev–Trinajstić information content (AvgIpc) is 3.11. The number of carbonyl (C=O) groups is 1. The summed E-state index contributed by atoms with van der Waals surface area (Å²) in [7, 11) is 0. The van der Waals surface area contributed by atoms with Gasteiger partial charge < -0.3 is 14.6 Å².